The molecular formula is C19H20N2OS. The van der Waals surface area contributed by atoms with E-state index in [1.54, 1.807) is 23.0 Å². The first-order chi connectivity index (χ1) is 11.1. The van der Waals surface area contributed by atoms with Crippen LogP contribution in [-0.2, 0) is 4.79 Å². The van der Waals surface area contributed by atoms with E-state index in [2.05, 4.69) is 24.2 Å². The van der Waals surface area contributed by atoms with E-state index in [1.807, 2.05) is 50.2 Å². The van der Waals surface area contributed by atoms with Crippen molar-refractivity contribution < 1.29 is 4.79 Å². The van der Waals surface area contributed by atoms with Gasteiger partial charge >= 0.3 is 0 Å². The van der Waals surface area contributed by atoms with Gasteiger partial charge in [-0.3, -0.25) is 4.79 Å². The van der Waals surface area contributed by atoms with Gasteiger partial charge in [0.25, 0.3) is 5.91 Å². The molecular weight excluding hydrogens is 304 g/mol. The van der Waals surface area contributed by atoms with Gasteiger partial charge in [0.05, 0.1) is 11.5 Å². The average Bonchev–Trinajstić information content (AvgIpc) is 2.82. The Labute approximate surface area is 141 Å². The molecule has 0 N–H and O–H groups in total. The lowest BCUT2D eigenvalue weighted by Gasteiger charge is -2.20. The molecule has 23 heavy (non-hydrogen) atoms. The number of carbonyl (C=O) groups excluding carboxylic acids is 1. The summed E-state index contributed by atoms with van der Waals surface area (Å²) < 4.78 is 0. The maximum absolute atomic E-state index is 12.5. The normalized spacial score (nSPS) is 21.3. The fraction of sp³-hybridized carbons (Fsp3) is 0.263. The zero-order valence-corrected chi connectivity index (χ0v) is 14.4. The highest BCUT2D eigenvalue weighted by molar-refractivity contribution is 8.01. The van der Waals surface area contributed by atoms with Crippen LogP contribution in [0.15, 0.2) is 53.6 Å². The quantitative estimate of drug-likeness (QED) is 0.789. The van der Waals surface area contributed by atoms with Crippen LogP contribution in [0.25, 0.3) is 0 Å². The van der Waals surface area contributed by atoms with Crippen molar-refractivity contribution >= 4 is 23.9 Å². The van der Waals surface area contributed by atoms with Crippen molar-refractivity contribution in [1.29, 1.82) is 0 Å². The molecule has 2 aromatic carbocycles. The largest absolute Gasteiger partial charge is 0.272 e. The first-order valence-electron chi connectivity index (χ1n) is 7.71. The van der Waals surface area contributed by atoms with E-state index in [1.165, 1.54) is 5.56 Å². The van der Waals surface area contributed by atoms with E-state index < -0.39 is 0 Å². The van der Waals surface area contributed by atoms with Gasteiger partial charge in [-0.1, -0.05) is 48.5 Å². The summed E-state index contributed by atoms with van der Waals surface area (Å²) in [6.07, 6.45) is 1.79. The second kappa shape index (κ2) is 6.59. The van der Waals surface area contributed by atoms with Crippen LogP contribution in [-0.4, -0.2) is 22.4 Å². The Bertz CT molecular complexity index is 757. The molecule has 0 saturated carbocycles. The molecule has 0 spiro atoms. The summed E-state index contributed by atoms with van der Waals surface area (Å²) in [6.45, 7) is 6.07. The molecule has 2 unspecified atom stereocenters. The number of hydrazone groups is 1. The van der Waals surface area contributed by atoms with E-state index in [-0.39, 0.29) is 16.5 Å². The summed E-state index contributed by atoms with van der Waals surface area (Å²) in [5, 5.41) is 6.02. The highest BCUT2D eigenvalue weighted by Gasteiger charge is 2.39. The number of nitrogens with zero attached hydrogens (tertiary/aromatic N) is 2. The molecule has 118 valence electrons. The molecule has 3 nitrogen and oxygen atoms in total. The molecule has 1 saturated heterocycles. The van der Waals surface area contributed by atoms with Crippen molar-refractivity contribution in [2.75, 3.05) is 0 Å². The summed E-state index contributed by atoms with van der Waals surface area (Å²) in [7, 11) is 0. The number of hydrogen-bond donors (Lipinski definition) is 0. The van der Waals surface area contributed by atoms with Crippen LogP contribution in [0.4, 0.5) is 0 Å². The molecule has 1 fully saturated rings. The standard InChI is InChI=1S/C19H20N2OS/c1-13-8-4-6-10-16(13)12-20-21-18(22)15(3)23-19(21)17-11-7-5-9-14(17)2/h4-12,15,19H,1-3H3. The minimum atomic E-state index is -0.0753. The maximum atomic E-state index is 12.5. The summed E-state index contributed by atoms with van der Waals surface area (Å²) in [5.74, 6) is 0.0630. The smallest absolute Gasteiger partial charge is 0.256 e. The highest BCUT2D eigenvalue weighted by Crippen LogP contribution is 2.44. The summed E-state index contributed by atoms with van der Waals surface area (Å²) in [6, 6.07) is 16.2. The third-order valence-electron chi connectivity index (χ3n) is 4.09. The van der Waals surface area contributed by atoms with Crippen molar-refractivity contribution in [2.45, 2.75) is 31.4 Å². The molecule has 1 heterocycles. The van der Waals surface area contributed by atoms with Gasteiger partial charge in [-0.2, -0.15) is 5.10 Å². The van der Waals surface area contributed by atoms with Gasteiger partial charge in [-0.15, -0.1) is 11.8 Å². The van der Waals surface area contributed by atoms with E-state index in [0.29, 0.717) is 0 Å². The van der Waals surface area contributed by atoms with Gasteiger partial charge in [0.15, 0.2) is 0 Å². The maximum Gasteiger partial charge on any atom is 0.256 e. The lowest BCUT2D eigenvalue weighted by molar-refractivity contribution is -0.129. The number of amides is 1. The molecule has 1 aliphatic heterocycles. The van der Waals surface area contributed by atoms with Crippen LogP contribution in [0.3, 0.4) is 0 Å². The SMILES string of the molecule is Cc1ccccc1C=NN1C(=O)C(C)SC1c1ccccc1C. The molecule has 4 heteroatoms. The first-order valence-corrected chi connectivity index (χ1v) is 8.66. The monoisotopic (exact) mass is 324 g/mol. The topological polar surface area (TPSA) is 32.7 Å². The van der Waals surface area contributed by atoms with Crippen molar-refractivity contribution in [3.05, 3.63) is 70.8 Å². The lowest BCUT2D eigenvalue weighted by Crippen LogP contribution is -2.25. The Morgan fingerprint density at radius 2 is 1.70 bits per heavy atom. The highest BCUT2D eigenvalue weighted by atomic mass is 32.2. The Morgan fingerprint density at radius 3 is 2.39 bits per heavy atom. The van der Waals surface area contributed by atoms with Crippen LogP contribution in [0.5, 0.6) is 0 Å². The lowest BCUT2D eigenvalue weighted by atomic mass is 10.1. The second-order valence-corrected chi connectivity index (χ2v) is 7.20. The molecule has 1 amide bonds. The summed E-state index contributed by atoms with van der Waals surface area (Å²) in [4.78, 5) is 12.5. The molecule has 0 radical (unpaired) electrons. The van der Waals surface area contributed by atoms with E-state index in [9.17, 15) is 4.79 Å². The summed E-state index contributed by atoms with van der Waals surface area (Å²) >= 11 is 1.65. The van der Waals surface area contributed by atoms with Crippen LogP contribution in [0.1, 0.15) is 34.6 Å². The van der Waals surface area contributed by atoms with Gasteiger partial charge in [0.1, 0.15) is 5.37 Å². The minimum absolute atomic E-state index is 0.0565. The van der Waals surface area contributed by atoms with Crippen LogP contribution in [0, 0.1) is 13.8 Å². The van der Waals surface area contributed by atoms with E-state index >= 15 is 0 Å². The van der Waals surface area contributed by atoms with Gasteiger partial charge < -0.3 is 0 Å². The number of thioether (sulfide) groups is 1. The van der Waals surface area contributed by atoms with Crippen LogP contribution < -0.4 is 0 Å². The second-order valence-electron chi connectivity index (χ2n) is 5.77. The van der Waals surface area contributed by atoms with Crippen molar-refractivity contribution in [2.24, 2.45) is 5.10 Å². The molecule has 2 atom stereocenters. The van der Waals surface area contributed by atoms with Crippen molar-refractivity contribution in [3.63, 3.8) is 0 Å². The predicted molar refractivity (Wildman–Crippen MR) is 96.6 cm³/mol. The fourth-order valence-corrected chi connectivity index (χ4v) is 3.95. The van der Waals surface area contributed by atoms with Gasteiger partial charge in [0, 0.05) is 0 Å². The molecule has 0 bridgehead atoms. The van der Waals surface area contributed by atoms with E-state index in [4.69, 9.17) is 0 Å². The fourth-order valence-electron chi connectivity index (χ4n) is 2.65. The van der Waals surface area contributed by atoms with Gasteiger partial charge in [0.2, 0.25) is 0 Å². The van der Waals surface area contributed by atoms with Gasteiger partial charge in [-0.25, -0.2) is 5.01 Å². The Balaban J connectivity index is 1.93. The molecule has 2 aromatic rings. The first kappa shape index (κ1) is 15.8. The van der Waals surface area contributed by atoms with Crippen molar-refractivity contribution in [1.82, 2.24) is 5.01 Å². The van der Waals surface area contributed by atoms with Gasteiger partial charge in [-0.05, 0) is 43.0 Å². The Hall–Kier alpha value is -2.07. The molecule has 3 rings (SSSR count). The minimum Gasteiger partial charge on any atom is -0.272 e. The van der Waals surface area contributed by atoms with Crippen molar-refractivity contribution in [3.8, 4) is 0 Å². The Kier molecular flexibility index (Phi) is 4.53. The van der Waals surface area contributed by atoms with Crippen LogP contribution in [0.2, 0.25) is 0 Å². The van der Waals surface area contributed by atoms with E-state index in [0.717, 1.165) is 16.7 Å². The third kappa shape index (κ3) is 3.17. The molecule has 1 aliphatic rings. The number of rotatable bonds is 3. The van der Waals surface area contributed by atoms with Crippen LogP contribution >= 0.6 is 11.8 Å². The zero-order chi connectivity index (χ0) is 16.4. The summed E-state index contributed by atoms with van der Waals surface area (Å²) in [5.41, 5.74) is 4.52. The third-order valence-corrected chi connectivity index (χ3v) is 5.41. The Morgan fingerprint density at radius 1 is 1.04 bits per heavy atom. The molecule has 0 aromatic heterocycles. The predicted octanol–water partition coefficient (Wildman–Crippen LogP) is 4.30. The number of aryl methyl sites for hydroxylation is 2. The average molecular weight is 324 g/mol. The number of hydrogen-bond acceptors (Lipinski definition) is 3. The number of benzene rings is 2. The zero-order valence-electron chi connectivity index (χ0n) is 13.6. The number of carbonyl (C=O) groups is 1. The molecule has 0 aliphatic carbocycles.